The molecule has 176 valence electrons. The summed E-state index contributed by atoms with van der Waals surface area (Å²) in [6.07, 6.45) is 5.01. The maximum Gasteiger partial charge on any atom is 0.328 e. The molecule has 0 aromatic heterocycles. The van der Waals surface area contributed by atoms with Crippen molar-refractivity contribution in [1.82, 2.24) is 0 Å². The van der Waals surface area contributed by atoms with E-state index in [1.807, 2.05) is 0 Å². The molecular formula is C24H26O9. The van der Waals surface area contributed by atoms with Crippen molar-refractivity contribution < 1.29 is 43.5 Å². The molecule has 2 aromatic rings. The van der Waals surface area contributed by atoms with E-state index in [-0.39, 0.29) is 13.2 Å². The van der Waals surface area contributed by atoms with E-state index in [0.717, 1.165) is 12.2 Å². The third-order valence-corrected chi connectivity index (χ3v) is 4.18. The maximum atomic E-state index is 10.7. The van der Waals surface area contributed by atoms with E-state index >= 15 is 0 Å². The van der Waals surface area contributed by atoms with Crippen LogP contribution in [0.2, 0.25) is 0 Å². The molecule has 0 atom stereocenters. The molecule has 0 aliphatic carbocycles. The molecule has 0 bridgehead atoms. The van der Waals surface area contributed by atoms with Crippen LogP contribution in [-0.2, 0) is 14.3 Å². The smallest absolute Gasteiger partial charge is 0.328 e. The highest BCUT2D eigenvalue weighted by molar-refractivity contribution is 5.86. The van der Waals surface area contributed by atoms with Crippen LogP contribution in [0, 0.1) is 0 Å². The Morgan fingerprint density at radius 2 is 1.12 bits per heavy atom. The number of rotatable bonds is 14. The number of methoxy groups -OCH3 is 2. The Morgan fingerprint density at radius 3 is 1.48 bits per heavy atom. The summed E-state index contributed by atoms with van der Waals surface area (Å²) in [6.45, 7) is 1.09. The largest absolute Gasteiger partial charge is 0.493 e. The summed E-state index contributed by atoms with van der Waals surface area (Å²) in [4.78, 5) is 21.3. The lowest BCUT2D eigenvalue weighted by molar-refractivity contribution is -0.132. The van der Waals surface area contributed by atoms with Crippen LogP contribution in [0.5, 0.6) is 23.0 Å². The van der Waals surface area contributed by atoms with E-state index in [4.69, 9.17) is 33.9 Å². The van der Waals surface area contributed by atoms with Crippen LogP contribution in [0.25, 0.3) is 12.2 Å². The number of benzene rings is 2. The minimum atomic E-state index is -1.04. The molecule has 9 nitrogen and oxygen atoms in total. The van der Waals surface area contributed by atoms with Crippen LogP contribution in [0.3, 0.4) is 0 Å². The van der Waals surface area contributed by atoms with Crippen LogP contribution < -0.4 is 18.9 Å². The van der Waals surface area contributed by atoms with Crippen LogP contribution in [0.15, 0.2) is 48.6 Å². The highest BCUT2D eigenvalue weighted by Gasteiger charge is 2.07. The molecule has 0 saturated carbocycles. The third kappa shape index (κ3) is 8.96. The quantitative estimate of drug-likeness (QED) is 0.324. The second-order valence-corrected chi connectivity index (χ2v) is 6.47. The number of ether oxygens (including phenoxy) is 5. The predicted octanol–water partition coefficient (Wildman–Crippen LogP) is 3.37. The molecule has 0 fully saturated rings. The van der Waals surface area contributed by atoms with E-state index < -0.39 is 11.9 Å². The number of aliphatic carboxylic acids is 2. The maximum absolute atomic E-state index is 10.7. The number of hydrogen-bond acceptors (Lipinski definition) is 7. The van der Waals surface area contributed by atoms with Gasteiger partial charge in [-0.25, -0.2) is 9.59 Å². The van der Waals surface area contributed by atoms with Crippen LogP contribution in [0.4, 0.5) is 0 Å². The van der Waals surface area contributed by atoms with Crippen molar-refractivity contribution in [3.05, 3.63) is 59.7 Å². The van der Waals surface area contributed by atoms with Crippen LogP contribution in [0.1, 0.15) is 11.1 Å². The molecule has 0 heterocycles. The Bertz CT molecular complexity index is 916. The van der Waals surface area contributed by atoms with Gasteiger partial charge in [0, 0.05) is 12.2 Å². The van der Waals surface area contributed by atoms with Gasteiger partial charge in [0.05, 0.1) is 27.4 Å². The minimum absolute atomic E-state index is 0.251. The molecule has 9 heteroatoms. The normalized spacial score (nSPS) is 11.0. The average Bonchev–Trinajstić information content (AvgIpc) is 2.80. The molecular weight excluding hydrogens is 432 g/mol. The van der Waals surface area contributed by atoms with Crippen LogP contribution >= 0.6 is 0 Å². The van der Waals surface area contributed by atoms with Gasteiger partial charge >= 0.3 is 11.9 Å². The summed E-state index contributed by atoms with van der Waals surface area (Å²) in [5.41, 5.74) is 1.33. The van der Waals surface area contributed by atoms with E-state index in [2.05, 4.69) is 0 Å². The average molecular weight is 458 g/mol. The Kier molecular flexibility index (Phi) is 10.3. The van der Waals surface area contributed by atoms with E-state index in [0.29, 0.717) is 47.3 Å². The molecule has 0 spiro atoms. The lowest BCUT2D eigenvalue weighted by Crippen LogP contribution is -2.12. The fourth-order valence-electron chi connectivity index (χ4n) is 2.68. The molecule has 2 rings (SSSR count). The van der Waals surface area contributed by atoms with Crippen molar-refractivity contribution in [3.63, 3.8) is 0 Å². The van der Waals surface area contributed by atoms with Gasteiger partial charge in [-0.05, 0) is 47.5 Å². The molecule has 0 saturated heterocycles. The summed E-state index contributed by atoms with van der Waals surface area (Å²) in [5, 5.41) is 17.5. The van der Waals surface area contributed by atoms with E-state index in [1.54, 1.807) is 36.4 Å². The lowest BCUT2D eigenvalue weighted by Gasteiger charge is -2.13. The molecule has 0 unspecified atom stereocenters. The SMILES string of the molecule is COc1ccc(C=CC(=O)O)cc1OCCOCCOc1cc(C=CC(=O)O)ccc1OC. The van der Waals surface area contributed by atoms with Crippen molar-refractivity contribution in [2.45, 2.75) is 0 Å². The van der Waals surface area contributed by atoms with Gasteiger partial charge in [-0.15, -0.1) is 0 Å². The number of hydrogen-bond donors (Lipinski definition) is 2. The molecule has 0 aliphatic rings. The molecule has 2 aromatic carbocycles. The van der Waals surface area contributed by atoms with Crippen molar-refractivity contribution in [2.75, 3.05) is 40.6 Å². The van der Waals surface area contributed by atoms with Gasteiger partial charge in [-0.2, -0.15) is 0 Å². The molecule has 0 radical (unpaired) electrons. The van der Waals surface area contributed by atoms with Gasteiger partial charge in [0.15, 0.2) is 23.0 Å². The zero-order valence-corrected chi connectivity index (χ0v) is 18.4. The summed E-state index contributed by atoms with van der Waals surface area (Å²) in [7, 11) is 3.03. The van der Waals surface area contributed by atoms with Crippen molar-refractivity contribution in [1.29, 1.82) is 0 Å². The summed E-state index contributed by atoms with van der Waals surface area (Å²) in [5.74, 6) is -0.0823. The number of carbonyl (C=O) groups is 2. The zero-order valence-electron chi connectivity index (χ0n) is 18.4. The molecule has 0 aliphatic heterocycles. The first kappa shape index (κ1) is 25.3. The van der Waals surface area contributed by atoms with Crippen molar-refractivity contribution >= 4 is 24.1 Å². The second kappa shape index (κ2) is 13.4. The lowest BCUT2D eigenvalue weighted by atomic mass is 10.2. The van der Waals surface area contributed by atoms with E-state index in [9.17, 15) is 9.59 Å². The van der Waals surface area contributed by atoms with Gasteiger partial charge in [0.1, 0.15) is 13.2 Å². The fourth-order valence-corrected chi connectivity index (χ4v) is 2.68. The summed E-state index contributed by atoms with van der Waals surface area (Å²) in [6, 6.07) is 10.2. The minimum Gasteiger partial charge on any atom is -0.493 e. The predicted molar refractivity (Wildman–Crippen MR) is 121 cm³/mol. The Balaban J connectivity index is 1.80. The third-order valence-electron chi connectivity index (χ3n) is 4.18. The Labute approximate surface area is 191 Å². The first-order valence-corrected chi connectivity index (χ1v) is 9.94. The Hall–Kier alpha value is -3.98. The van der Waals surface area contributed by atoms with Gasteiger partial charge in [0.25, 0.3) is 0 Å². The molecule has 0 amide bonds. The van der Waals surface area contributed by atoms with Crippen LogP contribution in [-0.4, -0.2) is 62.8 Å². The van der Waals surface area contributed by atoms with Gasteiger partial charge in [-0.1, -0.05) is 12.1 Å². The monoisotopic (exact) mass is 458 g/mol. The Morgan fingerprint density at radius 1 is 0.697 bits per heavy atom. The highest BCUT2D eigenvalue weighted by Crippen LogP contribution is 2.29. The van der Waals surface area contributed by atoms with Gasteiger partial charge < -0.3 is 33.9 Å². The standard InChI is InChI=1S/C24H26O9/c1-29-19-7-3-17(5-9-23(25)26)15-21(19)32-13-11-31-12-14-33-22-16-18(6-10-24(27)28)4-8-20(22)30-2/h3-10,15-16H,11-14H2,1-2H3,(H,25,26)(H,27,28). The van der Waals surface area contributed by atoms with Crippen molar-refractivity contribution in [3.8, 4) is 23.0 Å². The number of carboxylic acids is 2. The summed E-state index contributed by atoms with van der Waals surface area (Å²) >= 11 is 0. The second-order valence-electron chi connectivity index (χ2n) is 6.47. The first-order chi connectivity index (χ1) is 15.9. The zero-order chi connectivity index (χ0) is 24.1. The highest BCUT2D eigenvalue weighted by atomic mass is 16.6. The molecule has 33 heavy (non-hydrogen) atoms. The summed E-state index contributed by atoms with van der Waals surface area (Å²) < 4.78 is 27.4. The molecule has 2 N–H and O–H groups in total. The fraction of sp³-hybridized carbons (Fsp3) is 0.250. The van der Waals surface area contributed by atoms with Gasteiger partial charge in [0.2, 0.25) is 0 Å². The van der Waals surface area contributed by atoms with Gasteiger partial charge in [-0.3, -0.25) is 0 Å². The van der Waals surface area contributed by atoms with E-state index in [1.165, 1.54) is 26.4 Å². The first-order valence-electron chi connectivity index (χ1n) is 9.94. The number of carboxylic acid groups (broad SMARTS) is 2. The topological polar surface area (TPSA) is 121 Å². The van der Waals surface area contributed by atoms with Crippen molar-refractivity contribution in [2.24, 2.45) is 0 Å².